The van der Waals surface area contributed by atoms with E-state index in [1.807, 2.05) is 6.07 Å². The summed E-state index contributed by atoms with van der Waals surface area (Å²) >= 11 is 0. The van der Waals surface area contributed by atoms with E-state index in [4.69, 9.17) is 9.84 Å². The van der Waals surface area contributed by atoms with Crippen molar-refractivity contribution in [1.29, 1.82) is 0 Å². The molecule has 0 spiro atoms. The van der Waals surface area contributed by atoms with Gasteiger partial charge in [0.15, 0.2) is 0 Å². The molecule has 0 atom stereocenters. The Bertz CT molecular complexity index is 1020. The first-order valence-electron chi connectivity index (χ1n) is 8.36. The lowest BCUT2D eigenvalue weighted by Gasteiger charge is -2.13. The van der Waals surface area contributed by atoms with E-state index in [0.717, 1.165) is 0 Å². The van der Waals surface area contributed by atoms with Crippen molar-refractivity contribution in [2.24, 2.45) is 0 Å². The van der Waals surface area contributed by atoms with Crippen molar-refractivity contribution in [2.75, 3.05) is 24.8 Å². The van der Waals surface area contributed by atoms with E-state index in [2.05, 4.69) is 20.6 Å². The number of aromatic carboxylic acids is 1. The fourth-order valence-corrected chi connectivity index (χ4v) is 2.57. The van der Waals surface area contributed by atoms with Crippen molar-refractivity contribution < 1.29 is 19.4 Å². The Morgan fingerprint density at radius 1 is 1.04 bits per heavy atom. The lowest BCUT2D eigenvalue weighted by Crippen LogP contribution is -2.11. The van der Waals surface area contributed by atoms with Crippen molar-refractivity contribution in [3.8, 4) is 5.75 Å². The average Bonchev–Trinajstić information content (AvgIpc) is 2.73. The second-order valence-electron chi connectivity index (χ2n) is 5.75. The SMILES string of the molecule is CNc1cnc(Nc2ccc(C(=O)O)cc2OC)nc1C(=O)c1ccccc1. The summed E-state index contributed by atoms with van der Waals surface area (Å²) in [6.07, 6.45) is 1.50. The number of rotatable bonds is 7. The molecule has 1 heterocycles. The number of carbonyl (C=O) groups excluding carboxylic acids is 1. The number of aromatic nitrogens is 2. The minimum Gasteiger partial charge on any atom is -0.495 e. The number of methoxy groups -OCH3 is 1. The largest absolute Gasteiger partial charge is 0.495 e. The van der Waals surface area contributed by atoms with Crippen molar-refractivity contribution in [2.45, 2.75) is 0 Å². The van der Waals surface area contributed by atoms with E-state index in [9.17, 15) is 9.59 Å². The molecule has 0 amide bonds. The Labute approximate surface area is 161 Å². The van der Waals surface area contributed by atoms with Gasteiger partial charge >= 0.3 is 5.97 Å². The fraction of sp³-hybridized carbons (Fsp3) is 0.100. The summed E-state index contributed by atoms with van der Waals surface area (Å²) in [5, 5.41) is 15.0. The van der Waals surface area contributed by atoms with Gasteiger partial charge in [-0.25, -0.2) is 14.8 Å². The second-order valence-corrected chi connectivity index (χ2v) is 5.75. The Hall–Kier alpha value is -3.94. The number of carboxylic acids is 1. The summed E-state index contributed by atoms with van der Waals surface area (Å²) in [5.41, 5.74) is 1.78. The second kappa shape index (κ2) is 8.17. The highest BCUT2D eigenvalue weighted by molar-refractivity contribution is 6.11. The van der Waals surface area contributed by atoms with Gasteiger partial charge < -0.3 is 20.5 Å². The zero-order valence-electron chi connectivity index (χ0n) is 15.3. The molecule has 0 bridgehead atoms. The standard InChI is InChI=1S/C20H18N4O4/c1-21-15-11-22-20(24-17(15)18(25)12-6-4-3-5-7-12)23-14-9-8-13(19(26)27)10-16(14)28-2/h3-11,21H,1-2H3,(H,26,27)(H,22,23,24). The Balaban J connectivity index is 1.96. The van der Waals surface area contributed by atoms with Gasteiger partial charge in [-0.05, 0) is 18.2 Å². The van der Waals surface area contributed by atoms with Gasteiger partial charge in [-0.2, -0.15) is 0 Å². The molecule has 28 heavy (non-hydrogen) atoms. The zero-order valence-corrected chi connectivity index (χ0v) is 15.3. The summed E-state index contributed by atoms with van der Waals surface area (Å²) in [7, 11) is 3.11. The monoisotopic (exact) mass is 378 g/mol. The Kier molecular flexibility index (Phi) is 5.50. The number of carboxylic acid groups (broad SMARTS) is 1. The molecule has 142 valence electrons. The molecule has 2 aromatic carbocycles. The molecule has 0 radical (unpaired) electrons. The van der Waals surface area contributed by atoms with Gasteiger partial charge in [-0.1, -0.05) is 30.3 Å². The number of ketones is 1. The zero-order chi connectivity index (χ0) is 20.1. The molecule has 0 aliphatic heterocycles. The fourth-order valence-electron chi connectivity index (χ4n) is 2.57. The van der Waals surface area contributed by atoms with Crippen LogP contribution in [0.15, 0.2) is 54.7 Å². The first-order chi connectivity index (χ1) is 13.5. The maximum absolute atomic E-state index is 12.8. The summed E-state index contributed by atoms with van der Waals surface area (Å²) in [4.78, 5) is 32.5. The highest BCUT2D eigenvalue weighted by atomic mass is 16.5. The van der Waals surface area contributed by atoms with Crippen LogP contribution in [0.2, 0.25) is 0 Å². The van der Waals surface area contributed by atoms with Crippen molar-refractivity contribution >= 4 is 29.1 Å². The van der Waals surface area contributed by atoms with Crippen LogP contribution in [0.4, 0.5) is 17.3 Å². The van der Waals surface area contributed by atoms with Crippen LogP contribution in [0.3, 0.4) is 0 Å². The number of hydrogen-bond acceptors (Lipinski definition) is 7. The molecule has 0 fully saturated rings. The van der Waals surface area contributed by atoms with Crippen molar-refractivity contribution in [1.82, 2.24) is 9.97 Å². The quantitative estimate of drug-likeness (QED) is 0.537. The van der Waals surface area contributed by atoms with Crippen LogP contribution in [0.1, 0.15) is 26.4 Å². The predicted octanol–water partition coefficient (Wildman–Crippen LogP) is 3.20. The van der Waals surface area contributed by atoms with E-state index in [1.165, 1.54) is 25.4 Å². The summed E-state index contributed by atoms with van der Waals surface area (Å²) in [6, 6.07) is 13.2. The molecule has 1 aromatic heterocycles. The van der Waals surface area contributed by atoms with Gasteiger partial charge in [0.1, 0.15) is 11.4 Å². The van der Waals surface area contributed by atoms with Crippen molar-refractivity contribution in [3.05, 3.63) is 71.5 Å². The van der Waals surface area contributed by atoms with E-state index in [0.29, 0.717) is 22.7 Å². The lowest BCUT2D eigenvalue weighted by atomic mass is 10.1. The smallest absolute Gasteiger partial charge is 0.335 e. The molecule has 3 aromatic rings. The number of nitrogens with zero attached hydrogens (tertiary/aromatic N) is 2. The van der Waals surface area contributed by atoms with E-state index in [-0.39, 0.29) is 23.0 Å². The van der Waals surface area contributed by atoms with Gasteiger partial charge in [0.2, 0.25) is 11.7 Å². The van der Waals surface area contributed by atoms with Gasteiger partial charge in [-0.3, -0.25) is 4.79 Å². The third-order valence-electron chi connectivity index (χ3n) is 4.00. The highest BCUT2D eigenvalue weighted by Crippen LogP contribution is 2.28. The number of anilines is 3. The minimum atomic E-state index is -1.06. The maximum Gasteiger partial charge on any atom is 0.335 e. The van der Waals surface area contributed by atoms with Crippen LogP contribution in [0, 0.1) is 0 Å². The minimum absolute atomic E-state index is 0.0915. The number of benzene rings is 2. The molecule has 0 saturated heterocycles. The number of hydrogen-bond donors (Lipinski definition) is 3. The van der Waals surface area contributed by atoms with Crippen LogP contribution in [-0.2, 0) is 0 Å². The molecule has 3 N–H and O–H groups in total. The molecular weight excluding hydrogens is 360 g/mol. The normalized spacial score (nSPS) is 10.2. The molecule has 8 nitrogen and oxygen atoms in total. The average molecular weight is 378 g/mol. The molecule has 0 aliphatic rings. The molecule has 3 rings (SSSR count). The number of nitrogens with one attached hydrogen (secondary N) is 2. The maximum atomic E-state index is 12.8. The summed E-state index contributed by atoms with van der Waals surface area (Å²) in [5.74, 6) is -0.810. The Morgan fingerprint density at radius 2 is 1.79 bits per heavy atom. The Morgan fingerprint density at radius 3 is 2.43 bits per heavy atom. The molecule has 0 saturated carbocycles. The number of ether oxygens (including phenoxy) is 1. The number of carbonyl (C=O) groups is 2. The van der Waals surface area contributed by atoms with Crippen LogP contribution < -0.4 is 15.4 Å². The third-order valence-corrected chi connectivity index (χ3v) is 4.00. The van der Waals surface area contributed by atoms with Crippen LogP contribution in [0.25, 0.3) is 0 Å². The first-order valence-corrected chi connectivity index (χ1v) is 8.36. The van der Waals surface area contributed by atoms with Crippen LogP contribution >= 0.6 is 0 Å². The van der Waals surface area contributed by atoms with Crippen molar-refractivity contribution in [3.63, 3.8) is 0 Å². The lowest BCUT2D eigenvalue weighted by molar-refractivity contribution is 0.0696. The molecule has 0 aliphatic carbocycles. The third kappa shape index (κ3) is 3.90. The summed E-state index contributed by atoms with van der Waals surface area (Å²) < 4.78 is 5.24. The first kappa shape index (κ1) is 18.8. The molecular formula is C20H18N4O4. The summed E-state index contributed by atoms with van der Waals surface area (Å²) in [6.45, 7) is 0. The predicted molar refractivity (Wildman–Crippen MR) is 105 cm³/mol. The molecule has 8 heteroatoms. The van der Waals surface area contributed by atoms with Crippen LogP contribution in [0.5, 0.6) is 5.75 Å². The van der Waals surface area contributed by atoms with Gasteiger partial charge in [0.25, 0.3) is 0 Å². The topological polar surface area (TPSA) is 113 Å². The van der Waals surface area contributed by atoms with E-state index >= 15 is 0 Å². The van der Waals surface area contributed by atoms with Gasteiger partial charge in [0.05, 0.1) is 30.2 Å². The highest BCUT2D eigenvalue weighted by Gasteiger charge is 2.17. The molecule has 0 unspecified atom stereocenters. The van der Waals surface area contributed by atoms with Gasteiger partial charge in [0, 0.05) is 12.6 Å². The van der Waals surface area contributed by atoms with Crippen LogP contribution in [-0.4, -0.2) is 41.0 Å². The van der Waals surface area contributed by atoms with E-state index < -0.39 is 5.97 Å². The van der Waals surface area contributed by atoms with E-state index in [1.54, 1.807) is 37.4 Å². The van der Waals surface area contributed by atoms with Gasteiger partial charge in [-0.15, -0.1) is 0 Å².